The zero-order chi connectivity index (χ0) is 16.6. The second-order valence-corrected chi connectivity index (χ2v) is 8.36. The predicted octanol–water partition coefficient (Wildman–Crippen LogP) is 1.80. The first kappa shape index (κ1) is 16.0. The molecule has 3 rings (SSSR count). The predicted molar refractivity (Wildman–Crippen MR) is 89.3 cm³/mol. The third kappa shape index (κ3) is 3.73. The van der Waals surface area contributed by atoms with Crippen LogP contribution in [0.1, 0.15) is 12.2 Å². The van der Waals surface area contributed by atoms with Gasteiger partial charge in [-0.1, -0.05) is 0 Å². The largest absolute Gasteiger partial charge is 0.461 e. The van der Waals surface area contributed by atoms with E-state index in [0.29, 0.717) is 12.1 Å². The molecule has 0 saturated carbocycles. The van der Waals surface area contributed by atoms with Crippen LogP contribution < -0.4 is 5.32 Å². The number of likely N-dealkylation sites (N-methyl/N-ethyl adjacent to an activating group) is 1. The summed E-state index contributed by atoms with van der Waals surface area (Å²) in [6.07, 6.45) is 0.590. The zero-order valence-corrected chi connectivity index (χ0v) is 14.0. The summed E-state index contributed by atoms with van der Waals surface area (Å²) in [5.41, 5.74) is 1.49. The number of nitrogens with zero attached hydrogens (tertiary/aromatic N) is 1. The first-order valence-corrected chi connectivity index (χ1v) is 9.35. The summed E-state index contributed by atoms with van der Waals surface area (Å²) in [5, 5.41) is 3.79. The lowest BCUT2D eigenvalue weighted by molar-refractivity contribution is -0.117. The van der Waals surface area contributed by atoms with Gasteiger partial charge < -0.3 is 9.73 Å². The first-order chi connectivity index (χ1) is 10.8. The number of fused-ring (bicyclic) bond motifs is 1. The monoisotopic (exact) mass is 336 g/mol. The van der Waals surface area contributed by atoms with Gasteiger partial charge in [0.05, 0.1) is 18.1 Å². The van der Waals surface area contributed by atoms with Gasteiger partial charge in [-0.15, -0.1) is 0 Å². The molecule has 0 spiro atoms. The van der Waals surface area contributed by atoms with Crippen LogP contribution in [0.5, 0.6) is 0 Å². The van der Waals surface area contributed by atoms with Crippen molar-refractivity contribution >= 4 is 32.4 Å². The van der Waals surface area contributed by atoms with Crippen molar-refractivity contribution in [2.75, 3.05) is 30.4 Å². The summed E-state index contributed by atoms with van der Waals surface area (Å²) in [6, 6.07) is 7.32. The second-order valence-electron chi connectivity index (χ2n) is 6.13. The maximum atomic E-state index is 12.2. The number of hydrogen-bond acceptors (Lipinski definition) is 5. The molecule has 1 unspecified atom stereocenters. The van der Waals surface area contributed by atoms with Gasteiger partial charge in [0.2, 0.25) is 5.91 Å². The van der Waals surface area contributed by atoms with Gasteiger partial charge in [-0.3, -0.25) is 9.69 Å². The molecular formula is C16H20N2O4S. The van der Waals surface area contributed by atoms with E-state index < -0.39 is 9.84 Å². The van der Waals surface area contributed by atoms with Crippen molar-refractivity contribution in [3.8, 4) is 0 Å². The lowest BCUT2D eigenvalue weighted by atomic mass is 10.2. The normalized spacial score (nSPS) is 20.2. The lowest BCUT2D eigenvalue weighted by Gasteiger charge is -2.22. The summed E-state index contributed by atoms with van der Waals surface area (Å²) in [4.78, 5) is 14.0. The number of rotatable bonds is 4. The molecule has 1 aromatic heterocycles. The average molecular weight is 336 g/mol. The van der Waals surface area contributed by atoms with Crippen molar-refractivity contribution in [3.63, 3.8) is 0 Å². The van der Waals surface area contributed by atoms with Crippen LogP contribution >= 0.6 is 0 Å². The molecule has 7 heteroatoms. The number of sulfone groups is 1. The molecule has 23 heavy (non-hydrogen) atoms. The summed E-state index contributed by atoms with van der Waals surface area (Å²) in [7, 11) is -1.16. The van der Waals surface area contributed by atoms with Crippen molar-refractivity contribution in [2.45, 2.75) is 19.4 Å². The average Bonchev–Trinajstić information content (AvgIpc) is 2.99. The number of furan rings is 1. The van der Waals surface area contributed by atoms with E-state index in [1.807, 2.05) is 25.1 Å². The molecule has 1 saturated heterocycles. The van der Waals surface area contributed by atoms with E-state index >= 15 is 0 Å². The molecule has 1 aromatic carbocycles. The number of hydrogen-bond donors (Lipinski definition) is 1. The summed E-state index contributed by atoms with van der Waals surface area (Å²) in [5.74, 6) is 1.01. The highest BCUT2D eigenvalue weighted by atomic mass is 32.2. The fourth-order valence-corrected chi connectivity index (χ4v) is 4.74. The fourth-order valence-electron chi connectivity index (χ4n) is 2.93. The van der Waals surface area contributed by atoms with E-state index in [-0.39, 0.29) is 30.0 Å². The number of amides is 1. The van der Waals surface area contributed by atoms with Gasteiger partial charge in [0, 0.05) is 17.1 Å². The maximum absolute atomic E-state index is 12.2. The Labute approximate surface area is 135 Å². The third-order valence-corrected chi connectivity index (χ3v) is 5.90. The SMILES string of the molecule is Cc1cc2cc(NC(=O)CN(C)C3CCS(=O)(=O)C3)ccc2o1. The van der Waals surface area contributed by atoms with Gasteiger partial charge in [0.15, 0.2) is 9.84 Å². The minimum Gasteiger partial charge on any atom is -0.461 e. The number of anilines is 1. The molecule has 0 bridgehead atoms. The number of carbonyl (C=O) groups excluding carboxylic acids is 1. The van der Waals surface area contributed by atoms with Crippen molar-refractivity contribution in [1.82, 2.24) is 4.90 Å². The van der Waals surface area contributed by atoms with Crippen LogP contribution in [-0.2, 0) is 14.6 Å². The van der Waals surface area contributed by atoms with Gasteiger partial charge in [-0.05, 0) is 44.7 Å². The maximum Gasteiger partial charge on any atom is 0.238 e. The Morgan fingerprint density at radius 2 is 2.17 bits per heavy atom. The summed E-state index contributed by atoms with van der Waals surface area (Å²) < 4.78 is 28.5. The van der Waals surface area contributed by atoms with Crippen LogP contribution in [0.2, 0.25) is 0 Å². The van der Waals surface area contributed by atoms with E-state index in [1.165, 1.54) is 0 Å². The Bertz CT molecular complexity index is 841. The second kappa shape index (κ2) is 5.98. The molecule has 0 radical (unpaired) electrons. The van der Waals surface area contributed by atoms with Gasteiger partial charge in [0.1, 0.15) is 11.3 Å². The number of benzene rings is 1. The first-order valence-electron chi connectivity index (χ1n) is 7.53. The summed E-state index contributed by atoms with van der Waals surface area (Å²) in [6.45, 7) is 2.05. The smallest absolute Gasteiger partial charge is 0.238 e. The molecule has 2 heterocycles. The van der Waals surface area contributed by atoms with Crippen LogP contribution in [0.25, 0.3) is 11.0 Å². The van der Waals surface area contributed by atoms with E-state index in [9.17, 15) is 13.2 Å². The van der Waals surface area contributed by atoms with E-state index in [4.69, 9.17) is 4.42 Å². The van der Waals surface area contributed by atoms with E-state index in [2.05, 4.69) is 5.32 Å². The number of carbonyl (C=O) groups is 1. The van der Waals surface area contributed by atoms with Crippen LogP contribution in [-0.4, -0.2) is 50.4 Å². The van der Waals surface area contributed by atoms with Crippen LogP contribution in [0.3, 0.4) is 0 Å². The topological polar surface area (TPSA) is 79.6 Å². The Balaban J connectivity index is 1.61. The molecule has 6 nitrogen and oxygen atoms in total. The number of aryl methyl sites for hydroxylation is 1. The van der Waals surface area contributed by atoms with Crippen molar-refractivity contribution < 1.29 is 17.6 Å². The highest BCUT2D eigenvalue weighted by Gasteiger charge is 2.31. The molecule has 124 valence electrons. The van der Waals surface area contributed by atoms with Crippen molar-refractivity contribution in [3.05, 3.63) is 30.0 Å². The minimum atomic E-state index is -2.94. The van der Waals surface area contributed by atoms with Crippen LogP contribution in [0, 0.1) is 6.92 Å². The quantitative estimate of drug-likeness (QED) is 0.921. The Kier molecular flexibility index (Phi) is 4.16. The van der Waals surface area contributed by atoms with Gasteiger partial charge in [-0.2, -0.15) is 0 Å². The highest BCUT2D eigenvalue weighted by molar-refractivity contribution is 7.91. The lowest BCUT2D eigenvalue weighted by Crippen LogP contribution is -2.38. The van der Waals surface area contributed by atoms with E-state index in [0.717, 1.165) is 16.7 Å². The zero-order valence-electron chi connectivity index (χ0n) is 13.2. The van der Waals surface area contributed by atoms with Crippen molar-refractivity contribution in [2.24, 2.45) is 0 Å². The molecule has 1 fully saturated rings. The highest BCUT2D eigenvalue weighted by Crippen LogP contribution is 2.22. The Morgan fingerprint density at radius 1 is 1.39 bits per heavy atom. The van der Waals surface area contributed by atoms with Gasteiger partial charge in [-0.25, -0.2) is 8.42 Å². The Morgan fingerprint density at radius 3 is 2.87 bits per heavy atom. The van der Waals surface area contributed by atoms with Gasteiger partial charge in [0.25, 0.3) is 0 Å². The van der Waals surface area contributed by atoms with Crippen molar-refractivity contribution in [1.29, 1.82) is 0 Å². The molecule has 0 aliphatic carbocycles. The van der Waals surface area contributed by atoms with E-state index in [1.54, 1.807) is 18.0 Å². The van der Waals surface area contributed by atoms with Crippen LogP contribution in [0.15, 0.2) is 28.7 Å². The number of nitrogens with one attached hydrogen (secondary N) is 1. The summed E-state index contributed by atoms with van der Waals surface area (Å²) >= 11 is 0. The minimum absolute atomic E-state index is 0.0789. The van der Waals surface area contributed by atoms with Crippen LogP contribution in [0.4, 0.5) is 5.69 Å². The molecule has 1 atom stereocenters. The fraction of sp³-hybridized carbons (Fsp3) is 0.438. The third-order valence-electron chi connectivity index (χ3n) is 4.15. The standard InChI is InChI=1S/C16H20N2O4S/c1-11-7-12-8-13(3-4-15(12)22-11)17-16(19)9-18(2)14-5-6-23(20,21)10-14/h3-4,7-8,14H,5-6,9-10H2,1-2H3,(H,17,19). The Hall–Kier alpha value is -1.86. The molecule has 1 aliphatic heterocycles. The molecule has 1 N–H and O–H groups in total. The molecular weight excluding hydrogens is 316 g/mol. The van der Waals surface area contributed by atoms with Gasteiger partial charge >= 0.3 is 0 Å². The molecule has 1 aliphatic rings. The molecule has 1 amide bonds. The molecule has 2 aromatic rings.